The van der Waals surface area contributed by atoms with E-state index in [0.29, 0.717) is 0 Å². The average molecular weight is 462 g/mol. The van der Waals surface area contributed by atoms with Gasteiger partial charge in [-0.1, -0.05) is 16.8 Å². The number of halogens is 1. The van der Waals surface area contributed by atoms with E-state index in [2.05, 4.69) is 20.3 Å². The highest BCUT2D eigenvalue weighted by Gasteiger charge is 2.54. The molecular weight excluding hydrogens is 450 g/mol. The lowest BCUT2D eigenvalue weighted by Gasteiger charge is -2.48. The minimum absolute atomic E-state index is 0.0270. The summed E-state index contributed by atoms with van der Waals surface area (Å²) in [7, 11) is 0. The van der Waals surface area contributed by atoms with Crippen molar-refractivity contribution in [3.8, 4) is 0 Å². The summed E-state index contributed by atoms with van der Waals surface area (Å²) < 4.78 is 0. The van der Waals surface area contributed by atoms with Gasteiger partial charge in [-0.25, -0.2) is 14.6 Å². The van der Waals surface area contributed by atoms with E-state index in [1.54, 1.807) is 0 Å². The summed E-state index contributed by atoms with van der Waals surface area (Å²) >= 11 is 8.10. The van der Waals surface area contributed by atoms with Gasteiger partial charge in [0, 0.05) is 11.1 Å². The number of carboxylic acid groups (broad SMARTS) is 2. The van der Waals surface area contributed by atoms with Crippen molar-refractivity contribution in [1.29, 1.82) is 0 Å². The number of nitrogen functional groups attached to an aromatic ring is 1. The number of aliphatic carboxylic acids is 2. The Morgan fingerprint density at radius 1 is 1.45 bits per heavy atom. The predicted octanol–water partition coefficient (Wildman–Crippen LogP) is -0.534. The molecule has 2 aliphatic rings. The third kappa shape index (κ3) is 4.13. The van der Waals surface area contributed by atoms with Gasteiger partial charge in [0.2, 0.25) is 6.61 Å². The highest BCUT2D eigenvalue weighted by molar-refractivity contribution is 8.00. The first kappa shape index (κ1) is 20.9. The van der Waals surface area contributed by atoms with Crippen molar-refractivity contribution < 1.29 is 34.2 Å². The summed E-state index contributed by atoms with van der Waals surface area (Å²) in [6.45, 7) is -0.795. The van der Waals surface area contributed by atoms with Gasteiger partial charge < -0.3 is 26.1 Å². The van der Waals surface area contributed by atoms with Crippen LogP contribution in [0.2, 0.25) is 0 Å². The third-order valence-corrected chi connectivity index (χ3v) is 6.16. The molecule has 1 saturated heterocycles. The third-order valence-electron chi connectivity index (χ3n) is 3.73. The maximum atomic E-state index is 12.7. The van der Waals surface area contributed by atoms with Crippen molar-refractivity contribution >= 4 is 69.3 Å². The fourth-order valence-corrected chi connectivity index (χ4v) is 4.64. The number of carboxylic acids is 2. The number of aromatic nitrogens is 1. The molecule has 3 rings (SSSR count). The molecule has 1 fully saturated rings. The zero-order valence-electron chi connectivity index (χ0n) is 14.2. The maximum Gasteiger partial charge on any atom is 0.353 e. The van der Waals surface area contributed by atoms with Crippen LogP contribution in [-0.2, 0) is 24.0 Å². The predicted molar refractivity (Wildman–Crippen MR) is 102 cm³/mol. The molecule has 0 bridgehead atoms. The Kier molecular flexibility index (Phi) is 5.95. The summed E-state index contributed by atoms with van der Waals surface area (Å²) in [4.78, 5) is 56.5. The minimum atomic E-state index is -1.35. The number of nitrogens with zero attached hydrogens (tertiary/aromatic N) is 3. The lowest BCUT2D eigenvalue weighted by molar-refractivity contribution is -0.150. The number of oxime groups is 1. The SMILES string of the molecule is Nc1nc(C(=NOCC(=O)O)C(=O)NC2C(=O)N3C(C(=O)O)=C(Cl)CS[C@H]23)cs1. The van der Waals surface area contributed by atoms with E-state index in [1.807, 2.05) is 0 Å². The molecule has 154 valence electrons. The number of hydrogen-bond acceptors (Lipinski definition) is 10. The second-order valence-corrected chi connectivity index (χ2v) is 8.05. The van der Waals surface area contributed by atoms with E-state index in [9.17, 15) is 24.3 Å². The number of rotatable bonds is 7. The van der Waals surface area contributed by atoms with E-state index >= 15 is 0 Å². The molecule has 2 atom stereocenters. The summed E-state index contributed by atoms with van der Waals surface area (Å²) in [5, 5.41) is 24.8. The topological polar surface area (TPSA) is 185 Å². The van der Waals surface area contributed by atoms with E-state index in [4.69, 9.17) is 22.4 Å². The minimum Gasteiger partial charge on any atom is -0.479 e. The fourth-order valence-electron chi connectivity index (χ4n) is 2.54. The molecular formula is C14H12ClN5O7S2. The lowest BCUT2D eigenvalue weighted by atomic mass is 10.0. The normalized spacial score (nSPS) is 21.3. The maximum absolute atomic E-state index is 12.7. The van der Waals surface area contributed by atoms with Gasteiger partial charge in [0.15, 0.2) is 10.8 Å². The molecule has 1 unspecified atom stereocenters. The van der Waals surface area contributed by atoms with E-state index < -0.39 is 41.8 Å². The molecule has 2 aliphatic heterocycles. The van der Waals surface area contributed by atoms with Crippen LogP contribution in [0.4, 0.5) is 5.13 Å². The second kappa shape index (κ2) is 8.26. The van der Waals surface area contributed by atoms with Crippen molar-refractivity contribution in [1.82, 2.24) is 15.2 Å². The van der Waals surface area contributed by atoms with Crippen molar-refractivity contribution in [3.05, 3.63) is 21.8 Å². The number of anilines is 1. The van der Waals surface area contributed by atoms with Crippen LogP contribution in [0.1, 0.15) is 5.69 Å². The lowest BCUT2D eigenvalue weighted by Crippen LogP contribution is -2.71. The van der Waals surface area contributed by atoms with Crippen molar-refractivity contribution in [2.45, 2.75) is 11.4 Å². The van der Waals surface area contributed by atoms with Gasteiger partial charge in [-0.15, -0.1) is 23.1 Å². The van der Waals surface area contributed by atoms with Crippen molar-refractivity contribution in [2.75, 3.05) is 18.1 Å². The van der Waals surface area contributed by atoms with Gasteiger partial charge >= 0.3 is 11.9 Å². The number of nitrogens with two attached hydrogens (primary N) is 1. The molecule has 0 aromatic carbocycles. The van der Waals surface area contributed by atoms with Crippen LogP contribution in [-0.4, -0.2) is 73.3 Å². The molecule has 12 nitrogen and oxygen atoms in total. The van der Waals surface area contributed by atoms with Crippen LogP contribution in [0.3, 0.4) is 0 Å². The summed E-state index contributed by atoms with van der Waals surface area (Å²) in [6, 6.07) is -1.03. The first-order chi connectivity index (χ1) is 13.7. The van der Waals surface area contributed by atoms with Crippen LogP contribution in [0, 0.1) is 0 Å². The van der Waals surface area contributed by atoms with Crippen LogP contribution in [0.25, 0.3) is 0 Å². The molecule has 15 heteroatoms. The van der Waals surface area contributed by atoms with Crippen LogP contribution >= 0.6 is 34.7 Å². The van der Waals surface area contributed by atoms with Gasteiger partial charge in [0.05, 0.1) is 5.03 Å². The molecule has 0 aliphatic carbocycles. The van der Waals surface area contributed by atoms with Crippen molar-refractivity contribution in [3.63, 3.8) is 0 Å². The van der Waals surface area contributed by atoms with E-state index in [1.165, 1.54) is 17.1 Å². The van der Waals surface area contributed by atoms with Crippen LogP contribution in [0.5, 0.6) is 0 Å². The summed E-state index contributed by atoms with van der Waals surface area (Å²) in [5.74, 6) is -4.01. The molecule has 0 radical (unpaired) electrons. The van der Waals surface area contributed by atoms with Gasteiger partial charge in [-0.3, -0.25) is 14.5 Å². The number of hydrogen-bond donors (Lipinski definition) is 4. The van der Waals surface area contributed by atoms with Gasteiger partial charge in [-0.05, 0) is 0 Å². The van der Waals surface area contributed by atoms with E-state index in [-0.39, 0.29) is 33.0 Å². The number of amides is 2. The average Bonchev–Trinajstić information content (AvgIpc) is 3.08. The van der Waals surface area contributed by atoms with Crippen molar-refractivity contribution in [2.24, 2.45) is 5.16 Å². The molecule has 3 heterocycles. The van der Waals surface area contributed by atoms with Gasteiger partial charge in [0.25, 0.3) is 11.8 Å². The number of carbonyl (C=O) groups is 4. The van der Waals surface area contributed by atoms with Crippen LogP contribution < -0.4 is 11.1 Å². The van der Waals surface area contributed by atoms with Crippen LogP contribution in [0.15, 0.2) is 21.3 Å². The zero-order chi connectivity index (χ0) is 21.3. The smallest absolute Gasteiger partial charge is 0.353 e. The number of thiazole rings is 1. The molecule has 29 heavy (non-hydrogen) atoms. The monoisotopic (exact) mass is 461 g/mol. The largest absolute Gasteiger partial charge is 0.479 e. The zero-order valence-corrected chi connectivity index (χ0v) is 16.6. The molecule has 0 saturated carbocycles. The first-order valence-electron chi connectivity index (χ1n) is 7.71. The highest BCUT2D eigenvalue weighted by Crippen LogP contribution is 2.41. The number of thioether (sulfide) groups is 1. The number of β-lactam (4-membered cyclic amide) rings is 1. The second-order valence-electron chi connectivity index (χ2n) is 5.60. The number of nitrogens with one attached hydrogen (secondary N) is 1. The molecule has 0 spiro atoms. The summed E-state index contributed by atoms with van der Waals surface area (Å²) in [5.41, 5.74) is 4.88. The number of fused-ring (bicyclic) bond motifs is 1. The highest BCUT2D eigenvalue weighted by atomic mass is 35.5. The molecule has 1 aromatic rings. The van der Waals surface area contributed by atoms with E-state index in [0.717, 1.165) is 16.2 Å². The van der Waals surface area contributed by atoms with Gasteiger partial charge in [0.1, 0.15) is 22.8 Å². The Morgan fingerprint density at radius 3 is 2.76 bits per heavy atom. The first-order valence-corrected chi connectivity index (χ1v) is 10.0. The molecule has 1 aromatic heterocycles. The summed E-state index contributed by atoms with van der Waals surface area (Å²) in [6.07, 6.45) is 0. The Morgan fingerprint density at radius 2 is 2.17 bits per heavy atom. The standard InChI is InChI=1S/C14H12ClN5O7S2/c15-4-2-28-12-8(11(24)20(12)9(4)13(25)26)18-10(23)7(19-27-1-6(21)22)5-3-29-14(16)17-5/h3,8,12H,1-2H2,(H2,16,17)(H,18,23)(H,21,22)(H,25,26)/t8?,12-/m1/s1. The molecule has 2 amide bonds. The quantitative estimate of drug-likeness (QED) is 0.233. The fraction of sp³-hybridized carbons (Fsp3) is 0.286. The Balaban J connectivity index is 1.78. The van der Waals surface area contributed by atoms with Gasteiger partial charge in [-0.2, -0.15) is 0 Å². The Labute approximate surface area is 175 Å². The number of carbonyl (C=O) groups excluding carboxylic acids is 2. The molecule has 5 N–H and O–H groups in total. The Bertz CT molecular complexity index is 962. The Hall–Kier alpha value is -2.84.